The highest BCUT2D eigenvalue weighted by Crippen LogP contribution is 2.24. The molecule has 0 fully saturated rings. The van der Waals surface area contributed by atoms with Crippen molar-refractivity contribution in [2.24, 2.45) is 0 Å². The van der Waals surface area contributed by atoms with Crippen LogP contribution >= 0.6 is 0 Å². The summed E-state index contributed by atoms with van der Waals surface area (Å²) in [5.74, 6) is -1.28. The first-order valence-corrected chi connectivity index (χ1v) is 9.98. The number of ether oxygens (including phenoxy) is 1. The summed E-state index contributed by atoms with van der Waals surface area (Å²) in [5, 5.41) is 0.785. The summed E-state index contributed by atoms with van der Waals surface area (Å²) in [4.78, 5) is 42.1. The Labute approximate surface area is 179 Å². The molecular weight excluding hydrogens is 390 g/mol. The molecule has 3 aromatic carbocycles. The minimum absolute atomic E-state index is 0.131. The monoisotopic (exact) mass is 411 g/mol. The number of ketones is 2. The predicted molar refractivity (Wildman–Crippen MR) is 119 cm³/mol. The van der Waals surface area contributed by atoms with Gasteiger partial charge in [-0.25, -0.2) is 4.79 Å². The van der Waals surface area contributed by atoms with Gasteiger partial charge >= 0.3 is 5.97 Å². The van der Waals surface area contributed by atoms with Crippen molar-refractivity contribution in [3.63, 3.8) is 0 Å². The molecule has 0 amide bonds. The molecule has 0 aliphatic rings. The van der Waals surface area contributed by atoms with Crippen LogP contribution in [-0.2, 0) is 4.74 Å². The van der Waals surface area contributed by atoms with E-state index in [4.69, 9.17) is 4.74 Å². The van der Waals surface area contributed by atoms with Crippen molar-refractivity contribution >= 4 is 28.4 Å². The second-order valence-electron chi connectivity index (χ2n) is 7.32. The van der Waals surface area contributed by atoms with E-state index in [1.807, 2.05) is 37.3 Å². The average molecular weight is 411 g/mol. The van der Waals surface area contributed by atoms with Crippen LogP contribution in [0.4, 0.5) is 0 Å². The minimum atomic E-state index is -1.01. The van der Waals surface area contributed by atoms with Crippen molar-refractivity contribution in [2.75, 3.05) is 0 Å². The van der Waals surface area contributed by atoms with Gasteiger partial charge in [0.05, 0.1) is 5.56 Å². The summed E-state index contributed by atoms with van der Waals surface area (Å²) >= 11 is 0. The van der Waals surface area contributed by atoms with Gasteiger partial charge in [0.25, 0.3) is 0 Å². The number of benzene rings is 3. The average Bonchev–Trinajstić information content (AvgIpc) is 3.14. The van der Waals surface area contributed by atoms with E-state index in [0.29, 0.717) is 16.8 Å². The van der Waals surface area contributed by atoms with E-state index >= 15 is 0 Å². The number of aryl methyl sites for hydroxylation is 1. The van der Waals surface area contributed by atoms with Crippen molar-refractivity contribution in [3.8, 4) is 0 Å². The van der Waals surface area contributed by atoms with Gasteiger partial charge in [-0.1, -0.05) is 66.7 Å². The summed E-state index contributed by atoms with van der Waals surface area (Å²) in [6, 6.07) is 22.7. The normalized spacial score (nSPS) is 11.8. The van der Waals surface area contributed by atoms with Gasteiger partial charge in [-0.3, -0.25) is 9.59 Å². The van der Waals surface area contributed by atoms with Crippen LogP contribution in [0, 0.1) is 6.92 Å². The summed E-state index contributed by atoms with van der Waals surface area (Å²) in [6.45, 7) is 3.36. The molecule has 154 valence electrons. The number of hydrogen-bond acceptors (Lipinski definition) is 4. The van der Waals surface area contributed by atoms with E-state index in [2.05, 4.69) is 4.98 Å². The number of nitrogens with one attached hydrogen (secondary N) is 1. The van der Waals surface area contributed by atoms with Crippen molar-refractivity contribution in [3.05, 3.63) is 107 Å². The number of rotatable bonds is 6. The van der Waals surface area contributed by atoms with Gasteiger partial charge in [-0.2, -0.15) is 0 Å². The summed E-state index contributed by atoms with van der Waals surface area (Å²) in [6.07, 6.45) is -1.01. The third kappa shape index (κ3) is 3.90. The zero-order chi connectivity index (χ0) is 22.0. The third-order valence-electron chi connectivity index (χ3n) is 5.22. The first-order valence-electron chi connectivity index (χ1n) is 9.98. The maximum Gasteiger partial charge on any atom is 0.339 e. The molecule has 4 aromatic rings. The molecule has 0 saturated heterocycles. The molecule has 0 unspecified atom stereocenters. The SMILES string of the molecule is Cc1[nH]c2ccccc2c1C(=O)[C@@H](C)OC(=O)c1ccccc1C(=O)c1ccccc1. The van der Waals surface area contributed by atoms with Gasteiger partial charge < -0.3 is 9.72 Å². The molecule has 0 radical (unpaired) electrons. The van der Waals surface area contributed by atoms with Crippen LogP contribution in [0.5, 0.6) is 0 Å². The van der Waals surface area contributed by atoms with Gasteiger partial charge in [0, 0.05) is 33.3 Å². The number of hydrogen-bond donors (Lipinski definition) is 1. The molecule has 0 bridgehead atoms. The molecule has 31 heavy (non-hydrogen) atoms. The van der Waals surface area contributed by atoms with Crippen LogP contribution in [0.3, 0.4) is 0 Å². The molecule has 0 spiro atoms. The highest BCUT2D eigenvalue weighted by molar-refractivity contribution is 6.15. The van der Waals surface area contributed by atoms with Gasteiger partial charge in [0.2, 0.25) is 5.78 Å². The highest BCUT2D eigenvalue weighted by Gasteiger charge is 2.26. The second kappa shape index (κ2) is 8.40. The van der Waals surface area contributed by atoms with Gasteiger partial charge in [0.1, 0.15) is 0 Å². The highest BCUT2D eigenvalue weighted by atomic mass is 16.5. The van der Waals surface area contributed by atoms with Crippen molar-refractivity contribution in [1.29, 1.82) is 0 Å². The number of carbonyl (C=O) groups excluding carboxylic acids is 3. The van der Waals surface area contributed by atoms with E-state index in [1.54, 1.807) is 49.4 Å². The molecule has 5 heteroatoms. The van der Waals surface area contributed by atoms with Crippen LogP contribution in [-0.4, -0.2) is 28.6 Å². The van der Waals surface area contributed by atoms with Crippen molar-refractivity contribution in [2.45, 2.75) is 20.0 Å². The molecule has 5 nitrogen and oxygen atoms in total. The molecule has 1 heterocycles. The third-order valence-corrected chi connectivity index (χ3v) is 5.22. The second-order valence-corrected chi connectivity index (χ2v) is 7.32. The van der Waals surface area contributed by atoms with Crippen LogP contribution in [0.25, 0.3) is 10.9 Å². The Balaban J connectivity index is 1.59. The minimum Gasteiger partial charge on any atom is -0.451 e. The van der Waals surface area contributed by atoms with E-state index < -0.39 is 12.1 Å². The summed E-state index contributed by atoms with van der Waals surface area (Å²) in [7, 11) is 0. The first kappa shape index (κ1) is 20.3. The van der Waals surface area contributed by atoms with Gasteiger partial charge in [-0.15, -0.1) is 0 Å². The zero-order valence-corrected chi connectivity index (χ0v) is 17.2. The fourth-order valence-corrected chi connectivity index (χ4v) is 3.68. The lowest BCUT2D eigenvalue weighted by atomic mass is 9.98. The number of carbonyl (C=O) groups is 3. The van der Waals surface area contributed by atoms with Crippen LogP contribution < -0.4 is 0 Å². The Morgan fingerprint density at radius 1 is 0.806 bits per heavy atom. The topological polar surface area (TPSA) is 76.2 Å². The Hall–Kier alpha value is -3.99. The smallest absolute Gasteiger partial charge is 0.339 e. The van der Waals surface area contributed by atoms with E-state index in [1.165, 1.54) is 6.07 Å². The number of para-hydroxylation sites is 1. The summed E-state index contributed by atoms with van der Waals surface area (Å²) < 4.78 is 5.50. The number of fused-ring (bicyclic) bond motifs is 1. The standard InChI is InChI=1S/C26H21NO4/c1-16-23(21-14-8-9-15-22(21)27-16)24(28)17(2)31-26(30)20-13-7-6-12-19(20)25(29)18-10-4-3-5-11-18/h3-15,17,27H,1-2H3/t17-/m1/s1. The predicted octanol–water partition coefficient (Wildman–Crippen LogP) is 5.14. The number of aromatic amines is 1. The van der Waals surface area contributed by atoms with E-state index in [9.17, 15) is 14.4 Å². The number of H-pyrrole nitrogens is 1. The fraction of sp³-hybridized carbons (Fsp3) is 0.115. The molecule has 4 rings (SSSR count). The molecule has 0 aliphatic carbocycles. The van der Waals surface area contributed by atoms with Crippen molar-refractivity contribution < 1.29 is 19.1 Å². The quantitative estimate of drug-likeness (QED) is 0.352. The number of esters is 1. The van der Waals surface area contributed by atoms with Crippen LogP contribution in [0.1, 0.15) is 49.3 Å². The molecule has 0 saturated carbocycles. The van der Waals surface area contributed by atoms with Crippen molar-refractivity contribution in [1.82, 2.24) is 4.98 Å². The van der Waals surface area contributed by atoms with E-state index in [0.717, 1.165) is 10.9 Å². The van der Waals surface area contributed by atoms with Gasteiger partial charge in [-0.05, 0) is 26.0 Å². The zero-order valence-electron chi connectivity index (χ0n) is 17.2. The lowest BCUT2D eigenvalue weighted by Crippen LogP contribution is -2.26. The summed E-state index contributed by atoms with van der Waals surface area (Å²) in [5.41, 5.74) is 2.91. The molecular formula is C26H21NO4. The Kier molecular flexibility index (Phi) is 5.50. The lowest BCUT2D eigenvalue weighted by Gasteiger charge is -2.14. The number of aromatic nitrogens is 1. The van der Waals surface area contributed by atoms with Gasteiger partial charge in [0.15, 0.2) is 11.9 Å². The molecule has 1 atom stereocenters. The lowest BCUT2D eigenvalue weighted by molar-refractivity contribution is 0.0317. The molecule has 1 aromatic heterocycles. The maximum atomic E-state index is 13.1. The fourth-order valence-electron chi connectivity index (χ4n) is 3.68. The van der Waals surface area contributed by atoms with Crippen LogP contribution in [0.15, 0.2) is 78.9 Å². The number of Topliss-reactive ketones (excluding diaryl/α,β-unsaturated/α-hetero) is 1. The first-order chi connectivity index (χ1) is 15.0. The largest absolute Gasteiger partial charge is 0.451 e. The van der Waals surface area contributed by atoms with Crippen LogP contribution in [0.2, 0.25) is 0 Å². The molecule has 0 aliphatic heterocycles. The Bertz CT molecular complexity index is 1290. The Morgan fingerprint density at radius 2 is 1.42 bits per heavy atom. The van der Waals surface area contributed by atoms with E-state index in [-0.39, 0.29) is 22.7 Å². The Morgan fingerprint density at radius 3 is 2.16 bits per heavy atom. The maximum absolute atomic E-state index is 13.1. The molecule has 1 N–H and O–H groups in total.